The van der Waals surface area contributed by atoms with Crippen molar-refractivity contribution in [2.45, 2.75) is 26.2 Å². The summed E-state index contributed by atoms with van der Waals surface area (Å²) in [5.41, 5.74) is 2.48. The summed E-state index contributed by atoms with van der Waals surface area (Å²) in [5, 5.41) is 5.95. The van der Waals surface area contributed by atoms with Gasteiger partial charge >= 0.3 is 0 Å². The molecule has 6 heteroatoms. The molecule has 0 atom stereocenters. The largest absolute Gasteiger partial charge is 0.494 e. The molecule has 0 aliphatic heterocycles. The number of hydrogen-bond acceptors (Lipinski definition) is 4. The molecule has 1 amide bonds. The molecule has 0 aromatic heterocycles. The Morgan fingerprint density at radius 3 is 2.38 bits per heavy atom. The van der Waals surface area contributed by atoms with Crippen LogP contribution in [-0.4, -0.2) is 24.2 Å². The van der Waals surface area contributed by atoms with Gasteiger partial charge in [-0.05, 0) is 60.6 Å². The molecule has 0 spiro atoms. The summed E-state index contributed by atoms with van der Waals surface area (Å²) >= 11 is 5.29. The SMILES string of the molecule is CCCCOc1ccc(C(=O)NC(=S)Nc2cccc(OCCc3ccccc3)c2)cc1. The maximum Gasteiger partial charge on any atom is 0.257 e. The molecule has 2 N–H and O–H groups in total. The lowest BCUT2D eigenvalue weighted by Crippen LogP contribution is -2.34. The average Bonchev–Trinajstić information content (AvgIpc) is 2.80. The molecular formula is C26H28N2O3S. The Morgan fingerprint density at radius 1 is 0.875 bits per heavy atom. The predicted octanol–water partition coefficient (Wildman–Crippen LogP) is 5.61. The summed E-state index contributed by atoms with van der Waals surface area (Å²) in [5.74, 6) is 1.20. The summed E-state index contributed by atoms with van der Waals surface area (Å²) in [4.78, 5) is 12.5. The smallest absolute Gasteiger partial charge is 0.257 e. The summed E-state index contributed by atoms with van der Waals surface area (Å²) < 4.78 is 11.5. The van der Waals surface area contributed by atoms with Crippen LogP contribution in [0.15, 0.2) is 78.9 Å². The molecule has 0 saturated carbocycles. The molecule has 32 heavy (non-hydrogen) atoms. The van der Waals surface area contributed by atoms with Gasteiger partial charge in [-0.15, -0.1) is 0 Å². The van der Waals surface area contributed by atoms with E-state index < -0.39 is 0 Å². The fourth-order valence-electron chi connectivity index (χ4n) is 2.97. The van der Waals surface area contributed by atoms with Gasteiger partial charge in [0.15, 0.2) is 5.11 Å². The minimum atomic E-state index is -0.280. The normalized spacial score (nSPS) is 10.3. The van der Waals surface area contributed by atoms with Crippen molar-refractivity contribution in [1.29, 1.82) is 0 Å². The van der Waals surface area contributed by atoms with Gasteiger partial charge in [0.05, 0.1) is 13.2 Å². The lowest BCUT2D eigenvalue weighted by atomic mass is 10.2. The zero-order valence-electron chi connectivity index (χ0n) is 18.2. The van der Waals surface area contributed by atoms with Crippen molar-refractivity contribution in [3.05, 3.63) is 90.0 Å². The first kappa shape index (κ1) is 23.3. The van der Waals surface area contributed by atoms with Crippen LogP contribution < -0.4 is 20.1 Å². The number of carbonyl (C=O) groups excluding carboxylic acids is 1. The van der Waals surface area contributed by atoms with Crippen molar-refractivity contribution in [3.63, 3.8) is 0 Å². The summed E-state index contributed by atoms with van der Waals surface area (Å²) in [6.45, 7) is 3.36. The van der Waals surface area contributed by atoms with Gasteiger partial charge in [-0.3, -0.25) is 10.1 Å². The van der Waals surface area contributed by atoms with Crippen LogP contribution in [0, 0.1) is 0 Å². The van der Waals surface area contributed by atoms with Crippen molar-refractivity contribution in [3.8, 4) is 11.5 Å². The van der Waals surface area contributed by atoms with Crippen molar-refractivity contribution < 1.29 is 14.3 Å². The average molecular weight is 449 g/mol. The fourth-order valence-corrected chi connectivity index (χ4v) is 3.18. The molecule has 166 valence electrons. The molecule has 5 nitrogen and oxygen atoms in total. The van der Waals surface area contributed by atoms with E-state index in [2.05, 4.69) is 29.7 Å². The van der Waals surface area contributed by atoms with Crippen LogP contribution in [0.25, 0.3) is 0 Å². The maximum atomic E-state index is 12.5. The van der Waals surface area contributed by atoms with E-state index in [0.717, 1.165) is 36.4 Å². The summed E-state index contributed by atoms with van der Waals surface area (Å²) in [7, 11) is 0. The first-order chi connectivity index (χ1) is 15.6. The number of rotatable bonds is 10. The summed E-state index contributed by atoms with van der Waals surface area (Å²) in [6.07, 6.45) is 2.91. The zero-order chi connectivity index (χ0) is 22.6. The molecule has 0 radical (unpaired) electrons. The van der Waals surface area contributed by atoms with Crippen LogP contribution in [-0.2, 0) is 6.42 Å². The van der Waals surface area contributed by atoms with Gasteiger partial charge in [0.25, 0.3) is 5.91 Å². The van der Waals surface area contributed by atoms with Gasteiger partial charge in [0.2, 0.25) is 0 Å². The number of benzene rings is 3. The van der Waals surface area contributed by atoms with Crippen LogP contribution in [0.2, 0.25) is 0 Å². The quantitative estimate of drug-likeness (QED) is 0.312. The van der Waals surface area contributed by atoms with E-state index in [4.69, 9.17) is 21.7 Å². The fraction of sp³-hybridized carbons (Fsp3) is 0.231. The number of carbonyl (C=O) groups is 1. The number of amides is 1. The van der Waals surface area contributed by atoms with E-state index in [1.165, 1.54) is 5.56 Å². The van der Waals surface area contributed by atoms with E-state index in [1.807, 2.05) is 42.5 Å². The number of nitrogens with one attached hydrogen (secondary N) is 2. The minimum Gasteiger partial charge on any atom is -0.494 e. The second-order valence-electron chi connectivity index (χ2n) is 7.25. The van der Waals surface area contributed by atoms with Gasteiger partial charge < -0.3 is 14.8 Å². The Morgan fingerprint density at radius 2 is 1.62 bits per heavy atom. The highest BCUT2D eigenvalue weighted by Crippen LogP contribution is 2.18. The number of thiocarbonyl (C=S) groups is 1. The molecule has 0 aliphatic carbocycles. The molecule has 3 rings (SSSR count). The predicted molar refractivity (Wildman–Crippen MR) is 133 cm³/mol. The van der Waals surface area contributed by atoms with Gasteiger partial charge in [-0.25, -0.2) is 0 Å². The Labute approximate surface area is 194 Å². The van der Waals surface area contributed by atoms with Crippen LogP contribution in [0.4, 0.5) is 5.69 Å². The van der Waals surface area contributed by atoms with Gasteiger partial charge in [0, 0.05) is 23.7 Å². The Balaban J connectivity index is 1.46. The summed E-state index contributed by atoms with van der Waals surface area (Å²) in [6, 6.07) is 24.7. The van der Waals surface area contributed by atoms with Gasteiger partial charge in [-0.1, -0.05) is 49.7 Å². The highest BCUT2D eigenvalue weighted by Gasteiger charge is 2.09. The van der Waals surface area contributed by atoms with E-state index in [-0.39, 0.29) is 11.0 Å². The van der Waals surface area contributed by atoms with E-state index in [9.17, 15) is 4.79 Å². The maximum absolute atomic E-state index is 12.5. The molecule has 0 aliphatic rings. The molecule has 3 aromatic rings. The second-order valence-corrected chi connectivity index (χ2v) is 7.65. The van der Waals surface area contributed by atoms with Crippen LogP contribution in [0.3, 0.4) is 0 Å². The second kappa shape index (κ2) is 12.5. The van der Waals surface area contributed by atoms with Crippen LogP contribution >= 0.6 is 12.2 Å². The van der Waals surface area contributed by atoms with E-state index in [0.29, 0.717) is 18.8 Å². The number of ether oxygens (including phenoxy) is 2. The third-order valence-corrected chi connectivity index (χ3v) is 4.91. The molecule has 0 bridgehead atoms. The topological polar surface area (TPSA) is 59.6 Å². The number of anilines is 1. The standard InChI is InChI=1S/C26H28N2O3S/c1-2-3-17-30-23-14-12-21(13-15-23)25(29)28-26(32)27-22-10-7-11-24(19-22)31-18-16-20-8-5-4-6-9-20/h4-15,19H,2-3,16-18H2,1H3,(H2,27,28,29,32). The van der Waals surface area contributed by atoms with E-state index in [1.54, 1.807) is 24.3 Å². The third-order valence-electron chi connectivity index (χ3n) is 4.70. The number of unbranched alkanes of at least 4 members (excludes halogenated alkanes) is 1. The monoisotopic (exact) mass is 448 g/mol. The first-order valence-electron chi connectivity index (χ1n) is 10.8. The molecule has 0 saturated heterocycles. The first-order valence-corrected chi connectivity index (χ1v) is 11.2. The van der Waals surface area contributed by atoms with Crippen molar-refractivity contribution in [2.75, 3.05) is 18.5 Å². The highest BCUT2D eigenvalue weighted by molar-refractivity contribution is 7.80. The van der Waals surface area contributed by atoms with Crippen LogP contribution in [0.5, 0.6) is 11.5 Å². The number of hydrogen-bond donors (Lipinski definition) is 2. The van der Waals surface area contributed by atoms with Crippen molar-refractivity contribution in [2.24, 2.45) is 0 Å². The van der Waals surface area contributed by atoms with Crippen molar-refractivity contribution in [1.82, 2.24) is 5.32 Å². The third kappa shape index (κ3) is 7.71. The molecular weight excluding hydrogens is 420 g/mol. The minimum absolute atomic E-state index is 0.222. The Kier molecular flexibility index (Phi) is 9.07. The Bertz CT molecular complexity index is 1010. The molecule has 0 fully saturated rings. The van der Waals surface area contributed by atoms with Gasteiger partial charge in [0.1, 0.15) is 11.5 Å². The zero-order valence-corrected chi connectivity index (χ0v) is 19.0. The van der Waals surface area contributed by atoms with E-state index >= 15 is 0 Å². The molecule has 0 unspecified atom stereocenters. The van der Waals surface area contributed by atoms with Crippen LogP contribution in [0.1, 0.15) is 35.7 Å². The highest BCUT2D eigenvalue weighted by atomic mass is 32.1. The lowest BCUT2D eigenvalue weighted by Gasteiger charge is -2.12. The molecule has 3 aromatic carbocycles. The van der Waals surface area contributed by atoms with Crippen molar-refractivity contribution >= 4 is 28.9 Å². The Hall–Kier alpha value is -3.38. The molecule has 0 heterocycles. The lowest BCUT2D eigenvalue weighted by molar-refractivity contribution is 0.0977. The van der Waals surface area contributed by atoms with Gasteiger partial charge in [-0.2, -0.15) is 0 Å².